The van der Waals surface area contributed by atoms with Crippen molar-refractivity contribution in [2.45, 2.75) is 19.4 Å². The summed E-state index contributed by atoms with van der Waals surface area (Å²) in [4.78, 5) is 13.2. The fraction of sp³-hybridized carbons (Fsp3) is 0.727. The standard InChI is InChI=1S/C11H19NO3/c1-3-15-11(13)5-4-7-12(2)10-6-8-14-9-10/h4-5,10H,3,6-9H2,1-2H3/b5-4+. The molecule has 0 saturated carbocycles. The molecule has 1 heterocycles. The van der Waals surface area contributed by atoms with Gasteiger partial charge in [-0.1, -0.05) is 6.08 Å². The van der Waals surface area contributed by atoms with Gasteiger partial charge in [-0.05, 0) is 20.4 Å². The molecule has 1 saturated heterocycles. The molecule has 1 aliphatic heterocycles. The number of hydrogen-bond acceptors (Lipinski definition) is 4. The van der Waals surface area contributed by atoms with E-state index in [2.05, 4.69) is 4.90 Å². The van der Waals surface area contributed by atoms with E-state index >= 15 is 0 Å². The van der Waals surface area contributed by atoms with Crippen molar-refractivity contribution < 1.29 is 14.3 Å². The van der Waals surface area contributed by atoms with Gasteiger partial charge in [0.15, 0.2) is 0 Å². The van der Waals surface area contributed by atoms with Gasteiger partial charge in [-0.15, -0.1) is 0 Å². The van der Waals surface area contributed by atoms with Crippen LogP contribution in [0.5, 0.6) is 0 Å². The largest absolute Gasteiger partial charge is 0.463 e. The molecule has 4 nitrogen and oxygen atoms in total. The summed E-state index contributed by atoms with van der Waals surface area (Å²) in [5.41, 5.74) is 0. The van der Waals surface area contributed by atoms with Gasteiger partial charge >= 0.3 is 5.97 Å². The molecule has 1 unspecified atom stereocenters. The van der Waals surface area contributed by atoms with Crippen molar-refractivity contribution in [2.75, 3.05) is 33.4 Å². The van der Waals surface area contributed by atoms with Gasteiger partial charge in [0.05, 0.1) is 13.2 Å². The number of esters is 1. The molecule has 0 radical (unpaired) electrons. The zero-order valence-electron chi connectivity index (χ0n) is 9.44. The van der Waals surface area contributed by atoms with Crippen molar-refractivity contribution in [3.63, 3.8) is 0 Å². The highest BCUT2D eigenvalue weighted by Crippen LogP contribution is 2.09. The highest BCUT2D eigenvalue weighted by atomic mass is 16.5. The van der Waals surface area contributed by atoms with Crippen LogP contribution in [0.1, 0.15) is 13.3 Å². The van der Waals surface area contributed by atoms with Crippen LogP contribution in [0.4, 0.5) is 0 Å². The van der Waals surface area contributed by atoms with Gasteiger partial charge in [-0.25, -0.2) is 4.79 Å². The molecule has 0 amide bonds. The molecular weight excluding hydrogens is 194 g/mol. The van der Waals surface area contributed by atoms with Gasteiger partial charge < -0.3 is 9.47 Å². The second-order valence-electron chi connectivity index (χ2n) is 3.61. The molecule has 0 N–H and O–H groups in total. The van der Waals surface area contributed by atoms with Crippen molar-refractivity contribution in [3.05, 3.63) is 12.2 Å². The van der Waals surface area contributed by atoms with Crippen LogP contribution in [0, 0.1) is 0 Å². The number of likely N-dealkylation sites (N-methyl/N-ethyl adjacent to an activating group) is 1. The quantitative estimate of drug-likeness (QED) is 0.501. The summed E-state index contributed by atoms with van der Waals surface area (Å²) in [7, 11) is 2.04. The van der Waals surface area contributed by atoms with Gasteiger partial charge in [-0.3, -0.25) is 4.90 Å². The summed E-state index contributed by atoms with van der Waals surface area (Å²) in [5.74, 6) is -0.270. The van der Waals surface area contributed by atoms with Crippen LogP contribution in [0.2, 0.25) is 0 Å². The smallest absolute Gasteiger partial charge is 0.330 e. The Bertz CT molecular complexity index is 222. The lowest BCUT2D eigenvalue weighted by atomic mass is 10.2. The van der Waals surface area contributed by atoms with Gasteiger partial charge in [-0.2, -0.15) is 0 Å². The second kappa shape index (κ2) is 6.58. The number of rotatable bonds is 5. The summed E-state index contributed by atoms with van der Waals surface area (Å²) in [6, 6.07) is 0.483. The Balaban J connectivity index is 2.20. The first-order chi connectivity index (χ1) is 7.24. The van der Waals surface area contributed by atoms with E-state index in [1.807, 2.05) is 13.1 Å². The van der Waals surface area contributed by atoms with E-state index in [1.54, 1.807) is 6.92 Å². The zero-order chi connectivity index (χ0) is 11.1. The molecule has 0 spiro atoms. The molecular formula is C11H19NO3. The minimum atomic E-state index is -0.270. The molecule has 4 heteroatoms. The fourth-order valence-corrected chi connectivity index (χ4v) is 1.52. The van der Waals surface area contributed by atoms with Gasteiger partial charge in [0.2, 0.25) is 0 Å². The third-order valence-electron chi connectivity index (χ3n) is 2.46. The van der Waals surface area contributed by atoms with Crippen LogP contribution in [0.25, 0.3) is 0 Å². The predicted molar refractivity (Wildman–Crippen MR) is 57.6 cm³/mol. The summed E-state index contributed by atoms with van der Waals surface area (Å²) in [6.07, 6.45) is 4.38. The van der Waals surface area contributed by atoms with Gasteiger partial charge in [0.25, 0.3) is 0 Å². The summed E-state index contributed by atoms with van der Waals surface area (Å²) in [5, 5.41) is 0. The first kappa shape index (κ1) is 12.2. The Hall–Kier alpha value is -0.870. The summed E-state index contributed by atoms with van der Waals surface area (Å²) in [6.45, 7) is 4.62. The monoisotopic (exact) mass is 213 g/mol. The molecule has 0 aromatic heterocycles. The van der Waals surface area contributed by atoms with E-state index in [0.717, 1.165) is 26.2 Å². The van der Waals surface area contributed by atoms with Crippen LogP contribution in [0.3, 0.4) is 0 Å². The lowest BCUT2D eigenvalue weighted by molar-refractivity contribution is -0.137. The number of nitrogens with zero attached hydrogens (tertiary/aromatic N) is 1. The van der Waals surface area contributed by atoms with Gasteiger partial charge in [0.1, 0.15) is 0 Å². The average molecular weight is 213 g/mol. The Morgan fingerprint density at radius 3 is 3.07 bits per heavy atom. The van der Waals surface area contributed by atoms with Crippen LogP contribution in [-0.2, 0) is 14.3 Å². The first-order valence-corrected chi connectivity index (χ1v) is 5.35. The average Bonchev–Trinajstić information content (AvgIpc) is 2.70. The number of carbonyl (C=O) groups is 1. The summed E-state index contributed by atoms with van der Waals surface area (Å²) < 4.78 is 10.1. The van der Waals surface area contributed by atoms with Crippen molar-refractivity contribution in [2.24, 2.45) is 0 Å². The third-order valence-corrected chi connectivity index (χ3v) is 2.46. The SMILES string of the molecule is CCOC(=O)/C=C/CN(C)C1CCOC1. The van der Waals surface area contributed by atoms with Crippen molar-refractivity contribution in [1.82, 2.24) is 4.90 Å². The lowest BCUT2D eigenvalue weighted by Crippen LogP contribution is -2.32. The van der Waals surface area contributed by atoms with E-state index in [0.29, 0.717) is 12.6 Å². The predicted octanol–water partition coefficient (Wildman–Crippen LogP) is 0.826. The van der Waals surface area contributed by atoms with Crippen LogP contribution >= 0.6 is 0 Å². The molecule has 1 aliphatic rings. The maximum Gasteiger partial charge on any atom is 0.330 e. The minimum absolute atomic E-state index is 0.270. The zero-order valence-corrected chi connectivity index (χ0v) is 9.44. The van der Waals surface area contributed by atoms with E-state index in [1.165, 1.54) is 6.08 Å². The molecule has 1 fully saturated rings. The van der Waals surface area contributed by atoms with E-state index in [-0.39, 0.29) is 5.97 Å². The Morgan fingerprint density at radius 2 is 2.47 bits per heavy atom. The Kier molecular flexibility index (Phi) is 5.36. The van der Waals surface area contributed by atoms with Crippen LogP contribution < -0.4 is 0 Å². The lowest BCUT2D eigenvalue weighted by Gasteiger charge is -2.20. The van der Waals surface area contributed by atoms with Crippen LogP contribution in [-0.4, -0.2) is 50.3 Å². The molecule has 1 rings (SSSR count). The van der Waals surface area contributed by atoms with Crippen molar-refractivity contribution in [3.8, 4) is 0 Å². The molecule has 15 heavy (non-hydrogen) atoms. The topological polar surface area (TPSA) is 38.8 Å². The Labute approximate surface area is 90.8 Å². The molecule has 0 bridgehead atoms. The molecule has 0 aromatic carbocycles. The maximum atomic E-state index is 11.0. The maximum absolute atomic E-state index is 11.0. The normalized spacial score (nSPS) is 21.4. The van der Waals surface area contributed by atoms with Crippen molar-refractivity contribution in [1.29, 1.82) is 0 Å². The number of hydrogen-bond donors (Lipinski definition) is 0. The number of ether oxygens (including phenoxy) is 2. The highest BCUT2D eigenvalue weighted by Gasteiger charge is 2.18. The van der Waals surface area contributed by atoms with E-state index in [9.17, 15) is 4.79 Å². The summed E-state index contributed by atoms with van der Waals surface area (Å²) >= 11 is 0. The molecule has 86 valence electrons. The minimum Gasteiger partial charge on any atom is -0.463 e. The van der Waals surface area contributed by atoms with Gasteiger partial charge in [0, 0.05) is 25.3 Å². The molecule has 0 aliphatic carbocycles. The Morgan fingerprint density at radius 1 is 1.67 bits per heavy atom. The number of carbonyl (C=O) groups excluding carboxylic acids is 1. The van der Waals surface area contributed by atoms with Crippen LogP contribution in [0.15, 0.2) is 12.2 Å². The first-order valence-electron chi connectivity index (χ1n) is 5.35. The van der Waals surface area contributed by atoms with Crippen molar-refractivity contribution >= 4 is 5.97 Å². The highest BCUT2D eigenvalue weighted by molar-refractivity contribution is 5.81. The van der Waals surface area contributed by atoms with E-state index in [4.69, 9.17) is 9.47 Å². The molecule has 0 aromatic rings. The van der Waals surface area contributed by atoms with E-state index < -0.39 is 0 Å². The fourth-order valence-electron chi connectivity index (χ4n) is 1.52. The second-order valence-corrected chi connectivity index (χ2v) is 3.61. The third kappa shape index (κ3) is 4.44. The molecule has 1 atom stereocenters.